The maximum absolute atomic E-state index is 11.5. The van der Waals surface area contributed by atoms with Crippen molar-refractivity contribution in [1.29, 1.82) is 0 Å². The van der Waals surface area contributed by atoms with Gasteiger partial charge in [-0.05, 0) is 25.8 Å². The summed E-state index contributed by atoms with van der Waals surface area (Å²) in [6.45, 7) is 4.26. The predicted octanol–water partition coefficient (Wildman–Crippen LogP) is 1.37. The van der Waals surface area contributed by atoms with Gasteiger partial charge in [0, 0.05) is 12.0 Å². The van der Waals surface area contributed by atoms with Gasteiger partial charge in [-0.3, -0.25) is 0 Å². The van der Waals surface area contributed by atoms with E-state index in [1.807, 2.05) is 13.8 Å². The number of hydrogen-bond donors (Lipinski definition) is 1. The van der Waals surface area contributed by atoms with Crippen LogP contribution in [0.1, 0.15) is 20.3 Å². The number of carbonyl (C=O) groups is 1. The third kappa shape index (κ3) is 1.33. The van der Waals surface area contributed by atoms with E-state index in [9.17, 15) is 4.79 Å². The fourth-order valence-electron chi connectivity index (χ4n) is 2.14. The van der Waals surface area contributed by atoms with E-state index < -0.39 is 0 Å². The van der Waals surface area contributed by atoms with Gasteiger partial charge >= 0.3 is 5.97 Å². The number of esters is 1. The van der Waals surface area contributed by atoms with Crippen LogP contribution in [-0.4, -0.2) is 18.6 Å². The van der Waals surface area contributed by atoms with Crippen LogP contribution in [0.5, 0.6) is 0 Å². The Bertz CT molecular complexity index is 317. The van der Waals surface area contributed by atoms with Crippen LogP contribution in [-0.2, 0) is 9.53 Å². The van der Waals surface area contributed by atoms with Crippen molar-refractivity contribution in [2.45, 2.75) is 26.3 Å². The summed E-state index contributed by atoms with van der Waals surface area (Å²) in [5, 5.41) is 3.23. The molecule has 1 heterocycles. The summed E-state index contributed by atoms with van der Waals surface area (Å²) in [6.07, 6.45) is 5.33. The van der Waals surface area contributed by atoms with Gasteiger partial charge in [0.15, 0.2) is 0 Å². The Balaban J connectivity index is 2.16. The zero-order chi connectivity index (χ0) is 10.1. The van der Waals surface area contributed by atoms with E-state index in [-0.39, 0.29) is 5.97 Å². The van der Waals surface area contributed by atoms with Crippen LogP contribution in [0.2, 0.25) is 0 Å². The number of carbonyl (C=O) groups excluding carboxylic acids is 1. The SMILES string of the molecule is CCOC(=O)C1=C(C)C2C=CCC2N1. The van der Waals surface area contributed by atoms with Gasteiger partial charge in [0.1, 0.15) is 5.70 Å². The Labute approximate surface area is 83.8 Å². The quantitative estimate of drug-likeness (QED) is 0.531. The number of hydrogen-bond acceptors (Lipinski definition) is 3. The van der Waals surface area contributed by atoms with Gasteiger partial charge in [0.05, 0.1) is 6.61 Å². The Kier molecular flexibility index (Phi) is 2.32. The van der Waals surface area contributed by atoms with Crippen LogP contribution < -0.4 is 5.32 Å². The Morgan fingerprint density at radius 2 is 2.50 bits per heavy atom. The van der Waals surface area contributed by atoms with Crippen molar-refractivity contribution in [2.24, 2.45) is 5.92 Å². The number of nitrogens with one attached hydrogen (secondary N) is 1. The molecule has 0 amide bonds. The molecule has 0 bridgehead atoms. The van der Waals surface area contributed by atoms with E-state index in [1.54, 1.807) is 0 Å². The summed E-state index contributed by atoms with van der Waals surface area (Å²) in [7, 11) is 0. The lowest BCUT2D eigenvalue weighted by Gasteiger charge is -2.10. The zero-order valence-electron chi connectivity index (χ0n) is 8.54. The minimum absolute atomic E-state index is 0.215. The van der Waals surface area contributed by atoms with Crippen LogP contribution in [0, 0.1) is 5.92 Å². The first-order valence-corrected chi connectivity index (χ1v) is 5.05. The summed E-state index contributed by atoms with van der Waals surface area (Å²) in [5.41, 5.74) is 1.79. The molecule has 2 unspecified atom stereocenters. The second-order valence-corrected chi connectivity index (χ2v) is 3.72. The molecular formula is C11H15NO2. The first kappa shape index (κ1) is 9.31. The summed E-state index contributed by atoms with van der Waals surface area (Å²) in [4.78, 5) is 11.5. The lowest BCUT2D eigenvalue weighted by molar-refractivity contribution is -0.138. The smallest absolute Gasteiger partial charge is 0.354 e. The molecule has 3 heteroatoms. The fourth-order valence-corrected chi connectivity index (χ4v) is 2.14. The Morgan fingerprint density at radius 1 is 1.71 bits per heavy atom. The van der Waals surface area contributed by atoms with Crippen molar-refractivity contribution >= 4 is 5.97 Å². The molecule has 0 aromatic carbocycles. The lowest BCUT2D eigenvalue weighted by Crippen LogP contribution is -2.28. The van der Waals surface area contributed by atoms with Crippen LogP contribution in [0.15, 0.2) is 23.4 Å². The second-order valence-electron chi connectivity index (χ2n) is 3.72. The molecule has 0 fully saturated rings. The van der Waals surface area contributed by atoms with Gasteiger partial charge in [-0.15, -0.1) is 0 Å². The normalized spacial score (nSPS) is 29.0. The highest BCUT2D eigenvalue weighted by atomic mass is 16.5. The molecule has 2 aliphatic rings. The molecule has 2 atom stereocenters. The van der Waals surface area contributed by atoms with Gasteiger partial charge in [0.25, 0.3) is 0 Å². The van der Waals surface area contributed by atoms with Crippen LogP contribution in [0.3, 0.4) is 0 Å². The minimum Gasteiger partial charge on any atom is -0.461 e. The second kappa shape index (κ2) is 3.48. The molecule has 0 aromatic heterocycles. The van der Waals surface area contributed by atoms with E-state index in [0.29, 0.717) is 24.3 Å². The Hall–Kier alpha value is -1.25. The molecule has 0 saturated heterocycles. The monoisotopic (exact) mass is 193 g/mol. The van der Waals surface area contributed by atoms with Gasteiger partial charge < -0.3 is 10.1 Å². The highest BCUT2D eigenvalue weighted by Crippen LogP contribution is 2.33. The van der Waals surface area contributed by atoms with Crippen molar-refractivity contribution in [3.05, 3.63) is 23.4 Å². The van der Waals surface area contributed by atoms with Gasteiger partial charge in [-0.25, -0.2) is 4.79 Å². The average Bonchev–Trinajstić information content (AvgIpc) is 2.69. The number of ether oxygens (including phenoxy) is 1. The third-order valence-electron chi connectivity index (χ3n) is 2.87. The van der Waals surface area contributed by atoms with Gasteiger partial charge in [-0.2, -0.15) is 0 Å². The van der Waals surface area contributed by atoms with Gasteiger partial charge in [-0.1, -0.05) is 12.2 Å². The summed E-state index contributed by atoms with van der Waals surface area (Å²) >= 11 is 0. The average molecular weight is 193 g/mol. The highest BCUT2D eigenvalue weighted by Gasteiger charge is 2.35. The molecule has 1 aliphatic heterocycles. The molecular weight excluding hydrogens is 178 g/mol. The Morgan fingerprint density at radius 3 is 3.14 bits per heavy atom. The summed E-state index contributed by atoms with van der Waals surface area (Å²) in [6, 6.07) is 0.384. The number of fused-ring (bicyclic) bond motifs is 1. The van der Waals surface area contributed by atoms with Crippen molar-refractivity contribution in [1.82, 2.24) is 5.32 Å². The fraction of sp³-hybridized carbons (Fsp3) is 0.545. The van der Waals surface area contributed by atoms with Crippen molar-refractivity contribution in [2.75, 3.05) is 6.61 Å². The van der Waals surface area contributed by atoms with Crippen LogP contribution >= 0.6 is 0 Å². The molecule has 0 aromatic rings. The molecule has 0 saturated carbocycles. The maximum atomic E-state index is 11.5. The van der Waals surface area contributed by atoms with Gasteiger partial charge in [0.2, 0.25) is 0 Å². The largest absolute Gasteiger partial charge is 0.461 e. The summed E-state index contributed by atoms with van der Waals surface area (Å²) in [5.74, 6) is 0.183. The first-order chi connectivity index (χ1) is 6.74. The summed E-state index contributed by atoms with van der Waals surface area (Å²) < 4.78 is 4.98. The van der Waals surface area contributed by atoms with E-state index >= 15 is 0 Å². The highest BCUT2D eigenvalue weighted by molar-refractivity contribution is 5.89. The van der Waals surface area contributed by atoms with Crippen molar-refractivity contribution in [3.63, 3.8) is 0 Å². The standard InChI is InChI=1S/C11H15NO2/c1-3-14-11(13)10-7(2)8-5-4-6-9(8)12-10/h4-5,8-9,12H,3,6H2,1-2H3. The predicted molar refractivity (Wildman–Crippen MR) is 53.5 cm³/mol. The topological polar surface area (TPSA) is 38.3 Å². The molecule has 1 N–H and O–H groups in total. The van der Waals surface area contributed by atoms with Crippen molar-refractivity contribution < 1.29 is 9.53 Å². The minimum atomic E-state index is -0.215. The molecule has 0 radical (unpaired) electrons. The molecule has 0 spiro atoms. The molecule has 3 nitrogen and oxygen atoms in total. The van der Waals surface area contributed by atoms with E-state index in [4.69, 9.17) is 4.74 Å². The zero-order valence-corrected chi connectivity index (χ0v) is 8.54. The first-order valence-electron chi connectivity index (χ1n) is 5.05. The van der Waals surface area contributed by atoms with E-state index in [1.165, 1.54) is 0 Å². The van der Waals surface area contributed by atoms with Crippen LogP contribution in [0.25, 0.3) is 0 Å². The molecule has 2 rings (SSSR count). The van der Waals surface area contributed by atoms with Crippen LogP contribution in [0.4, 0.5) is 0 Å². The third-order valence-corrected chi connectivity index (χ3v) is 2.87. The molecule has 14 heavy (non-hydrogen) atoms. The lowest BCUT2D eigenvalue weighted by atomic mass is 9.99. The van der Waals surface area contributed by atoms with Crippen molar-refractivity contribution in [3.8, 4) is 0 Å². The maximum Gasteiger partial charge on any atom is 0.354 e. The molecule has 76 valence electrons. The van der Waals surface area contributed by atoms with E-state index in [2.05, 4.69) is 17.5 Å². The number of rotatable bonds is 2. The molecule has 1 aliphatic carbocycles. The van der Waals surface area contributed by atoms with E-state index in [0.717, 1.165) is 12.0 Å².